The van der Waals surface area contributed by atoms with E-state index < -0.39 is 16.7 Å². The van der Waals surface area contributed by atoms with Crippen LogP contribution in [0.2, 0.25) is 0 Å². The minimum atomic E-state index is -0.590. The summed E-state index contributed by atoms with van der Waals surface area (Å²) in [4.78, 5) is 44.4. The maximum atomic E-state index is 13.0. The Hall–Kier alpha value is -4.40. The van der Waals surface area contributed by atoms with Crippen LogP contribution < -0.4 is 5.32 Å². The second-order valence-corrected chi connectivity index (χ2v) is 7.95. The number of amides is 2. The molecule has 0 fully saturated rings. The van der Waals surface area contributed by atoms with E-state index in [0.29, 0.717) is 41.5 Å². The van der Waals surface area contributed by atoms with Crippen molar-refractivity contribution in [1.82, 2.24) is 14.9 Å². The quantitative estimate of drug-likeness (QED) is 0.105. The third-order valence-electron chi connectivity index (χ3n) is 5.87. The molecule has 34 heavy (non-hydrogen) atoms. The molecular weight excluding hydrogens is 454 g/mol. The molecule has 0 bridgehead atoms. The van der Waals surface area contributed by atoms with Gasteiger partial charge in [0.05, 0.1) is 38.7 Å². The zero-order valence-corrected chi connectivity index (χ0v) is 18.5. The molecule has 5 rings (SSSR count). The van der Waals surface area contributed by atoms with Gasteiger partial charge in [-0.3, -0.25) is 25.0 Å². The highest BCUT2D eigenvalue weighted by Crippen LogP contribution is 2.41. The van der Waals surface area contributed by atoms with E-state index in [0.717, 1.165) is 10.9 Å². The highest BCUT2D eigenvalue weighted by molar-refractivity contribution is 7.78. The monoisotopic (exact) mass is 471 g/mol. The fraction of sp³-hybridized carbons (Fsp3) is 0.125. The SMILES string of the molecule is O=C1NC(=O)C(c2cn(CCCN=C=S)c3cccc([N+](=O)[O-])c23)=C1c1c[nH]c2ccccc12. The van der Waals surface area contributed by atoms with Crippen molar-refractivity contribution < 1.29 is 14.5 Å². The molecule has 0 spiro atoms. The first-order valence-electron chi connectivity index (χ1n) is 10.5. The summed E-state index contributed by atoms with van der Waals surface area (Å²) in [6.07, 6.45) is 3.99. The average Bonchev–Trinajstić information content (AvgIpc) is 3.49. The first-order valence-corrected chi connectivity index (χ1v) is 10.9. The van der Waals surface area contributed by atoms with Gasteiger partial charge in [-0.1, -0.05) is 24.3 Å². The molecule has 3 heterocycles. The first-order chi connectivity index (χ1) is 16.5. The van der Waals surface area contributed by atoms with Crippen LogP contribution in [-0.2, 0) is 16.1 Å². The molecule has 4 aromatic rings. The number of aryl methyl sites for hydroxylation is 1. The molecule has 0 saturated carbocycles. The topological polar surface area (TPSA) is 122 Å². The third kappa shape index (κ3) is 3.42. The van der Waals surface area contributed by atoms with Gasteiger partial charge in [0, 0.05) is 47.0 Å². The summed E-state index contributed by atoms with van der Waals surface area (Å²) in [6.45, 7) is 0.944. The van der Waals surface area contributed by atoms with Gasteiger partial charge in [0.25, 0.3) is 17.5 Å². The number of aromatic nitrogens is 2. The van der Waals surface area contributed by atoms with Crippen LogP contribution in [0.25, 0.3) is 33.0 Å². The molecule has 0 atom stereocenters. The van der Waals surface area contributed by atoms with E-state index in [2.05, 4.69) is 32.7 Å². The van der Waals surface area contributed by atoms with Crippen molar-refractivity contribution in [3.05, 3.63) is 76.1 Å². The number of carbonyl (C=O) groups excluding carboxylic acids is 2. The number of aliphatic imine (C=N–C) groups is 1. The summed E-state index contributed by atoms with van der Waals surface area (Å²) >= 11 is 4.61. The summed E-state index contributed by atoms with van der Waals surface area (Å²) in [6, 6.07) is 12.2. The number of para-hydroxylation sites is 1. The average molecular weight is 471 g/mol. The number of nitro benzene ring substituents is 1. The van der Waals surface area contributed by atoms with E-state index in [1.807, 2.05) is 28.8 Å². The van der Waals surface area contributed by atoms with Crippen molar-refractivity contribution in [2.24, 2.45) is 4.99 Å². The van der Waals surface area contributed by atoms with E-state index in [1.54, 1.807) is 24.5 Å². The molecule has 0 saturated heterocycles. The van der Waals surface area contributed by atoms with Gasteiger partial charge in [-0.15, -0.1) is 0 Å². The van der Waals surface area contributed by atoms with E-state index in [9.17, 15) is 19.7 Å². The van der Waals surface area contributed by atoms with Gasteiger partial charge < -0.3 is 9.55 Å². The van der Waals surface area contributed by atoms with Gasteiger partial charge in [-0.2, -0.15) is 0 Å². The molecule has 168 valence electrons. The Morgan fingerprint density at radius 1 is 1.06 bits per heavy atom. The number of fused-ring (bicyclic) bond motifs is 2. The van der Waals surface area contributed by atoms with Crippen LogP contribution in [0, 0.1) is 10.1 Å². The number of imide groups is 1. The summed E-state index contributed by atoms with van der Waals surface area (Å²) in [5, 5.41) is 17.7. The molecule has 10 heteroatoms. The molecule has 2 aromatic heterocycles. The zero-order chi connectivity index (χ0) is 23.8. The number of H-pyrrole nitrogens is 1. The highest BCUT2D eigenvalue weighted by Gasteiger charge is 2.36. The van der Waals surface area contributed by atoms with Gasteiger partial charge in [-0.05, 0) is 30.8 Å². The fourth-order valence-electron chi connectivity index (χ4n) is 4.47. The second kappa shape index (κ2) is 8.51. The summed E-state index contributed by atoms with van der Waals surface area (Å²) in [7, 11) is 0. The lowest BCUT2D eigenvalue weighted by atomic mass is 9.95. The maximum absolute atomic E-state index is 13.0. The zero-order valence-electron chi connectivity index (χ0n) is 17.7. The largest absolute Gasteiger partial charge is 0.361 e. The number of hydrogen-bond acceptors (Lipinski definition) is 6. The van der Waals surface area contributed by atoms with Gasteiger partial charge >= 0.3 is 0 Å². The number of nitro groups is 1. The number of thiocarbonyl (C=S) groups is 1. The molecule has 2 amide bonds. The van der Waals surface area contributed by atoms with Crippen LogP contribution in [0.4, 0.5) is 5.69 Å². The lowest BCUT2D eigenvalue weighted by molar-refractivity contribution is -0.383. The van der Waals surface area contributed by atoms with Crippen molar-refractivity contribution >= 4 is 67.8 Å². The van der Waals surface area contributed by atoms with E-state index in [4.69, 9.17) is 0 Å². The molecule has 1 aliphatic rings. The summed E-state index contributed by atoms with van der Waals surface area (Å²) < 4.78 is 1.84. The van der Waals surface area contributed by atoms with Crippen molar-refractivity contribution in [2.75, 3.05) is 6.54 Å². The standard InChI is InChI=1S/C24H17N5O4S/c30-23-21(15-11-26-17-6-2-1-5-14(15)17)22(24(31)27-23)16-12-28(10-4-9-25-13-34)18-7-3-8-19(20(16)18)29(32)33/h1-3,5-8,11-12,26H,4,9-10H2,(H,27,30,31). The lowest BCUT2D eigenvalue weighted by Gasteiger charge is -2.03. The van der Waals surface area contributed by atoms with Crippen LogP contribution in [0.15, 0.2) is 59.9 Å². The van der Waals surface area contributed by atoms with Crippen molar-refractivity contribution in [1.29, 1.82) is 0 Å². The minimum Gasteiger partial charge on any atom is -0.361 e. The molecule has 2 aromatic carbocycles. The first kappa shape index (κ1) is 21.4. The number of hydrogen-bond donors (Lipinski definition) is 2. The van der Waals surface area contributed by atoms with Gasteiger partial charge in [-0.25, -0.2) is 4.99 Å². The van der Waals surface area contributed by atoms with Gasteiger partial charge in [0.2, 0.25) is 0 Å². The molecule has 0 unspecified atom stereocenters. The van der Waals surface area contributed by atoms with Gasteiger partial charge in [0.1, 0.15) is 0 Å². The number of benzene rings is 2. The summed E-state index contributed by atoms with van der Waals surface area (Å²) in [5.74, 6) is -1.13. The summed E-state index contributed by atoms with van der Waals surface area (Å²) in [5.41, 5.74) is 2.46. The van der Waals surface area contributed by atoms with Crippen LogP contribution in [0.1, 0.15) is 17.5 Å². The van der Waals surface area contributed by atoms with E-state index in [-0.39, 0.29) is 16.8 Å². The third-order valence-corrected chi connectivity index (χ3v) is 6.00. The van der Waals surface area contributed by atoms with Crippen LogP contribution >= 0.6 is 12.2 Å². The predicted octanol–water partition coefficient (Wildman–Crippen LogP) is 4.09. The second-order valence-electron chi connectivity index (χ2n) is 7.77. The normalized spacial score (nSPS) is 13.5. The minimum absolute atomic E-state index is 0.115. The van der Waals surface area contributed by atoms with Crippen molar-refractivity contribution in [3.8, 4) is 0 Å². The number of carbonyl (C=O) groups is 2. The molecule has 1 aliphatic heterocycles. The maximum Gasteiger partial charge on any atom is 0.279 e. The number of nitrogens with one attached hydrogen (secondary N) is 2. The molecule has 0 radical (unpaired) electrons. The Kier molecular flexibility index (Phi) is 5.37. The Morgan fingerprint density at radius 3 is 2.59 bits per heavy atom. The fourth-order valence-corrected chi connectivity index (χ4v) is 4.56. The lowest BCUT2D eigenvalue weighted by Crippen LogP contribution is -2.22. The number of aromatic amines is 1. The van der Waals surface area contributed by atoms with Crippen molar-refractivity contribution in [2.45, 2.75) is 13.0 Å². The number of non-ortho nitro benzene ring substituents is 1. The van der Waals surface area contributed by atoms with Crippen LogP contribution in [0.3, 0.4) is 0 Å². The highest BCUT2D eigenvalue weighted by atomic mass is 32.1. The number of isothiocyanates is 1. The molecule has 2 N–H and O–H groups in total. The van der Waals surface area contributed by atoms with Crippen LogP contribution in [0.5, 0.6) is 0 Å². The Labute approximate surface area is 197 Å². The Balaban J connectivity index is 1.79. The Bertz CT molecular complexity index is 1590. The molecule has 9 nitrogen and oxygen atoms in total. The Morgan fingerprint density at radius 2 is 1.82 bits per heavy atom. The van der Waals surface area contributed by atoms with Crippen LogP contribution in [-0.4, -0.2) is 38.0 Å². The molecule has 0 aliphatic carbocycles. The number of nitrogens with zero attached hydrogens (tertiary/aromatic N) is 3. The smallest absolute Gasteiger partial charge is 0.279 e. The number of rotatable bonds is 7. The van der Waals surface area contributed by atoms with E-state index >= 15 is 0 Å². The predicted molar refractivity (Wildman–Crippen MR) is 131 cm³/mol. The van der Waals surface area contributed by atoms with E-state index in [1.165, 1.54) is 6.07 Å². The van der Waals surface area contributed by atoms with Gasteiger partial charge in [0.15, 0.2) is 0 Å². The van der Waals surface area contributed by atoms with Crippen molar-refractivity contribution in [3.63, 3.8) is 0 Å². The molecular formula is C24H17N5O4S.